The van der Waals surface area contributed by atoms with Crippen molar-refractivity contribution in [3.63, 3.8) is 0 Å². The van der Waals surface area contributed by atoms with E-state index in [1.807, 2.05) is 6.07 Å². The highest BCUT2D eigenvalue weighted by atomic mass is 35.5. The molecule has 1 N–H and O–H groups in total. The van der Waals surface area contributed by atoms with Crippen LogP contribution in [0, 0.1) is 0 Å². The lowest BCUT2D eigenvalue weighted by atomic mass is 10.1. The highest BCUT2D eigenvalue weighted by Gasteiger charge is 2.12. The van der Waals surface area contributed by atoms with Gasteiger partial charge in [0.15, 0.2) is 0 Å². The van der Waals surface area contributed by atoms with Gasteiger partial charge in [-0.1, -0.05) is 11.6 Å². The standard InChI is InChI=1S/C10H9ClN2O2/c1-6(15-5-14)8-4-12-10-7(8)2-3-9(11)13-10/h2-6H,1H3,(H,12,13). The van der Waals surface area contributed by atoms with Crippen LogP contribution < -0.4 is 0 Å². The van der Waals surface area contributed by atoms with Crippen LogP contribution in [0.3, 0.4) is 0 Å². The summed E-state index contributed by atoms with van der Waals surface area (Å²) in [7, 11) is 0. The molecule has 0 radical (unpaired) electrons. The monoisotopic (exact) mass is 224 g/mol. The van der Waals surface area contributed by atoms with Crippen molar-refractivity contribution < 1.29 is 9.53 Å². The summed E-state index contributed by atoms with van der Waals surface area (Å²) >= 11 is 5.75. The third-order valence-corrected chi connectivity index (χ3v) is 2.44. The van der Waals surface area contributed by atoms with Crippen LogP contribution in [0.4, 0.5) is 0 Å². The zero-order valence-corrected chi connectivity index (χ0v) is 8.78. The summed E-state index contributed by atoms with van der Waals surface area (Å²) in [5.41, 5.74) is 1.58. The summed E-state index contributed by atoms with van der Waals surface area (Å²) in [5, 5.41) is 1.34. The number of fused-ring (bicyclic) bond motifs is 1. The van der Waals surface area contributed by atoms with Gasteiger partial charge in [-0.3, -0.25) is 4.79 Å². The van der Waals surface area contributed by atoms with E-state index >= 15 is 0 Å². The fraction of sp³-hybridized carbons (Fsp3) is 0.200. The predicted molar refractivity (Wildman–Crippen MR) is 56.7 cm³/mol. The smallest absolute Gasteiger partial charge is 0.293 e. The third-order valence-electron chi connectivity index (χ3n) is 2.23. The van der Waals surface area contributed by atoms with Gasteiger partial charge in [0.1, 0.15) is 16.9 Å². The molecule has 5 heteroatoms. The lowest BCUT2D eigenvalue weighted by molar-refractivity contribution is -0.133. The van der Waals surface area contributed by atoms with Crippen LogP contribution in [0.25, 0.3) is 11.0 Å². The van der Waals surface area contributed by atoms with E-state index in [4.69, 9.17) is 16.3 Å². The number of carbonyl (C=O) groups is 1. The highest BCUT2D eigenvalue weighted by molar-refractivity contribution is 6.29. The first-order chi connectivity index (χ1) is 7.22. The van der Waals surface area contributed by atoms with Crippen molar-refractivity contribution in [2.45, 2.75) is 13.0 Å². The van der Waals surface area contributed by atoms with Crippen LogP contribution in [0.1, 0.15) is 18.6 Å². The molecule has 15 heavy (non-hydrogen) atoms. The number of nitrogens with one attached hydrogen (secondary N) is 1. The second-order valence-electron chi connectivity index (χ2n) is 3.15. The van der Waals surface area contributed by atoms with Crippen LogP contribution in [-0.2, 0) is 9.53 Å². The Labute approximate surface area is 91.2 Å². The Morgan fingerprint density at radius 3 is 3.13 bits per heavy atom. The molecule has 2 rings (SSSR count). The van der Waals surface area contributed by atoms with Gasteiger partial charge >= 0.3 is 0 Å². The van der Waals surface area contributed by atoms with E-state index in [1.54, 1.807) is 19.2 Å². The predicted octanol–water partition coefficient (Wildman–Crippen LogP) is 2.45. The summed E-state index contributed by atoms with van der Waals surface area (Å²) in [6, 6.07) is 3.55. The average Bonchev–Trinajstić information content (AvgIpc) is 2.60. The average molecular weight is 225 g/mol. The zero-order valence-electron chi connectivity index (χ0n) is 8.03. The van der Waals surface area contributed by atoms with Crippen molar-refractivity contribution in [2.75, 3.05) is 0 Å². The van der Waals surface area contributed by atoms with Crippen molar-refractivity contribution >= 4 is 29.1 Å². The van der Waals surface area contributed by atoms with E-state index < -0.39 is 0 Å². The van der Waals surface area contributed by atoms with Crippen LogP contribution >= 0.6 is 11.6 Å². The fourth-order valence-electron chi connectivity index (χ4n) is 1.50. The Morgan fingerprint density at radius 2 is 2.40 bits per heavy atom. The topological polar surface area (TPSA) is 55.0 Å². The first kappa shape index (κ1) is 9.98. The van der Waals surface area contributed by atoms with Gasteiger partial charge in [0.05, 0.1) is 0 Å². The number of halogens is 1. The fourth-order valence-corrected chi connectivity index (χ4v) is 1.64. The molecule has 4 nitrogen and oxygen atoms in total. The van der Waals surface area contributed by atoms with E-state index in [1.165, 1.54) is 0 Å². The Balaban J connectivity index is 2.49. The lowest BCUT2D eigenvalue weighted by Gasteiger charge is -2.07. The first-order valence-electron chi connectivity index (χ1n) is 4.45. The molecule has 78 valence electrons. The van der Waals surface area contributed by atoms with Crippen molar-refractivity contribution in [1.82, 2.24) is 9.97 Å². The number of pyridine rings is 1. The number of carbonyl (C=O) groups excluding carboxylic acids is 1. The minimum atomic E-state index is -0.292. The number of ether oxygens (including phenoxy) is 1. The molecule has 0 saturated carbocycles. The summed E-state index contributed by atoms with van der Waals surface area (Å²) in [4.78, 5) is 17.3. The molecule has 0 amide bonds. The van der Waals surface area contributed by atoms with Crippen molar-refractivity contribution in [3.05, 3.63) is 29.0 Å². The zero-order chi connectivity index (χ0) is 10.8. The Bertz CT molecular complexity index is 495. The number of rotatable bonds is 3. The molecule has 1 atom stereocenters. The molecule has 0 fully saturated rings. The maximum atomic E-state index is 10.2. The van der Waals surface area contributed by atoms with Crippen molar-refractivity contribution in [1.29, 1.82) is 0 Å². The van der Waals surface area contributed by atoms with E-state index in [0.717, 1.165) is 10.9 Å². The Hall–Kier alpha value is -1.55. The minimum absolute atomic E-state index is 0.292. The van der Waals surface area contributed by atoms with Gasteiger partial charge in [0.25, 0.3) is 6.47 Å². The van der Waals surface area contributed by atoms with E-state index in [-0.39, 0.29) is 6.10 Å². The molecule has 2 heterocycles. The maximum absolute atomic E-state index is 10.2. The summed E-state index contributed by atoms with van der Waals surface area (Å²) < 4.78 is 4.86. The normalized spacial score (nSPS) is 12.7. The van der Waals surface area contributed by atoms with Gasteiger partial charge < -0.3 is 9.72 Å². The van der Waals surface area contributed by atoms with Gasteiger partial charge in [0.2, 0.25) is 0 Å². The Morgan fingerprint density at radius 1 is 1.60 bits per heavy atom. The third kappa shape index (κ3) is 1.80. The van der Waals surface area contributed by atoms with Crippen LogP contribution in [0.15, 0.2) is 18.3 Å². The van der Waals surface area contributed by atoms with Gasteiger partial charge in [-0.05, 0) is 19.1 Å². The number of H-pyrrole nitrogens is 1. The van der Waals surface area contributed by atoms with Crippen molar-refractivity contribution in [3.8, 4) is 0 Å². The van der Waals surface area contributed by atoms with Crippen LogP contribution in [0.2, 0.25) is 5.15 Å². The van der Waals surface area contributed by atoms with E-state index in [9.17, 15) is 4.79 Å². The second-order valence-corrected chi connectivity index (χ2v) is 3.54. The minimum Gasteiger partial charge on any atom is -0.460 e. The molecule has 0 bridgehead atoms. The highest BCUT2D eigenvalue weighted by Crippen LogP contribution is 2.25. The summed E-state index contributed by atoms with van der Waals surface area (Å²) in [5.74, 6) is 0. The summed E-state index contributed by atoms with van der Waals surface area (Å²) in [6.07, 6.45) is 1.47. The van der Waals surface area contributed by atoms with Gasteiger partial charge in [-0.2, -0.15) is 0 Å². The first-order valence-corrected chi connectivity index (χ1v) is 4.83. The molecule has 0 aromatic carbocycles. The molecule has 0 aliphatic heterocycles. The van der Waals surface area contributed by atoms with Gasteiger partial charge in [-0.25, -0.2) is 4.98 Å². The number of aromatic nitrogens is 2. The summed E-state index contributed by atoms with van der Waals surface area (Å²) in [6.45, 7) is 2.23. The lowest BCUT2D eigenvalue weighted by Crippen LogP contribution is -1.96. The van der Waals surface area contributed by atoms with Gasteiger partial charge in [-0.15, -0.1) is 0 Å². The molecule has 0 aliphatic carbocycles. The Kier molecular flexibility index (Phi) is 2.60. The number of aromatic amines is 1. The maximum Gasteiger partial charge on any atom is 0.293 e. The molecular weight excluding hydrogens is 216 g/mol. The molecule has 0 saturated heterocycles. The molecule has 2 aromatic heterocycles. The van der Waals surface area contributed by atoms with E-state index in [0.29, 0.717) is 17.3 Å². The van der Waals surface area contributed by atoms with Gasteiger partial charge in [0, 0.05) is 17.1 Å². The van der Waals surface area contributed by atoms with E-state index in [2.05, 4.69) is 9.97 Å². The van der Waals surface area contributed by atoms with Crippen LogP contribution in [0.5, 0.6) is 0 Å². The quantitative estimate of drug-likeness (QED) is 0.644. The molecular formula is C10H9ClN2O2. The molecule has 0 aliphatic rings. The number of hydrogen-bond acceptors (Lipinski definition) is 3. The molecule has 1 unspecified atom stereocenters. The van der Waals surface area contributed by atoms with Crippen molar-refractivity contribution in [2.24, 2.45) is 0 Å². The number of hydrogen-bond donors (Lipinski definition) is 1. The molecule has 0 spiro atoms. The molecule has 2 aromatic rings. The largest absolute Gasteiger partial charge is 0.460 e. The number of nitrogens with zero attached hydrogens (tertiary/aromatic N) is 1. The SMILES string of the molecule is CC(OC=O)c1c[nH]c2nc(Cl)ccc12. The second kappa shape index (κ2) is 3.90. The van der Waals surface area contributed by atoms with Crippen LogP contribution in [-0.4, -0.2) is 16.4 Å².